The minimum atomic E-state index is -2.22. The number of phenols is 2. The van der Waals surface area contributed by atoms with Crippen LogP contribution in [0.15, 0.2) is 41.2 Å². The maximum absolute atomic E-state index is 15.0. The largest absolute Gasteiger partial charge is 0.507 e. The number of Topliss-reactive ketones (excluding diaryl/α,β-unsaturated/α-hetero) is 1. The number of benzene rings is 2. The number of aliphatic carboxylic acids is 1. The Morgan fingerprint density at radius 1 is 0.867 bits per heavy atom. The van der Waals surface area contributed by atoms with Crippen LogP contribution in [-0.2, 0) is 33.3 Å². The molecule has 0 radical (unpaired) electrons. The number of allylic oxidation sites excluding steroid dienone is 2. The van der Waals surface area contributed by atoms with Crippen molar-refractivity contribution < 1.29 is 88.5 Å². The predicted molar refractivity (Wildman–Crippen MR) is 270 cm³/mol. The molecule has 0 aromatic heterocycles. The molecule has 5 aliphatic rings. The number of fused-ring (bicyclic) bond motifs is 3. The summed E-state index contributed by atoms with van der Waals surface area (Å²) < 4.78 is 35.8. The molecule has 2 aromatic carbocycles. The first kappa shape index (κ1) is 56.9. The van der Waals surface area contributed by atoms with Gasteiger partial charge in [0.1, 0.15) is 41.7 Å². The highest BCUT2D eigenvalue weighted by atomic mass is 16.7. The molecule has 3 fully saturated rings. The maximum atomic E-state index is 15.0. The first-order valence-corrected chi connectivity index (χ1v) is 25.4. The summed E-state index contributed by atoms with van der Waals surface area (Å²) in [5, 5.41) is 99.3. The van der Waals surface area contributed by atoms with E-state index in [-0.39, 0.29) is 28.0 Å². The van der Waals surface area contributed by atoms with Crippen molar-refractivity contribution in [2.45, 2.75) is 148 Å². The Morgan fingerprint density at radius 2 is 1.53 bits per heavy atom. The van der Waals surface area contributed by atoms with Crippen molar-refractivity contribution in [2.24, 2.45) is 28.8 Å². The summed E-state index contributed by atoms with van der Waals surface area (Å²) in [5.74, 6) is -11.4. The number of anilines is 1. The number of carboxylic acid groups (broad SMARTS) is 1. The molecule has 75 heavy (non-hydrogen) atoms. The number of aliphatic hydroxyl groups is 5. The Hall–Kier alpha value is -5.85. The number of phenolic OH excluding ortho intramolecular Hbond substituents is 2. The van der Waals surface area contributed by atoms with Crippen LogP contribution in [0.4, 0.5) is 5.69 Å². The summed E-state index contributed by atoms with van der Waals surface area (Å²) in [6.45, 7) is 14.4. The molecule has 4 heterocycles. The molecule has 22 nitrogen and oxygen atoms in total. The van der Waals surface area contributed by atoms with E-state index >= 15 is 4.79 Å². The molecule has 2 aromatic rings. The number of piperazine rings is 1. The Labute approximate surface area is 434 Å². The lowest BCUT2D eigenvalue weighted by atomic mass is 9.78. The average Bonchev–Trinajstić information content (AvgIpc) is 4.04. The molecule has 4 bridgehead atoms. The number of hydrogen-bond acceptors (Lipinski definition) is 20. The highest BCUT2D eigenvalue weighted by Gasteiger charge is 2.52. The van der Waals surface area contributed by atoms with Gasteiger partial charge in [-0.15, -0.1) is 0 Å². The number of aromatic hydroxyl groups is 2. The molecule has 1 aliphatic carbocycles. The maximum Gasteiger partial charge on any atom is 0.335 e. The quantitative estimate of drug-likeness (QED) is 0.135. The molecule has 1 amide bonds. The molecule has 14 atom stereocenters. The van der Waals surface area contributed by atoms with Crippen LogP contribution >= 0.6 is 0 Å². The van der Waals surface area contributed by atoms with Crippen molar-refractivity contribution in [3.8, 4) is 23.0 Å². The number of carbonyl (C=O) groups excluding carboxylic acids is 3. The van der Waals surface area contributed by atoms with Gasteiger partial charge in [-0.3, -0.25) is 24.3 Å². The Bertz CT molecular complexity index is 2610. The Morgan fingerprint density at radius 3 is 2.16 bits per heavy atom. The summed E-state index contributed by atoms with van der Waals surface area (Å²) in [4.78, 5) is 56.7. The van der Waals surface area contributed by atoms with E-state index in [2.05, 4.69) is 10.2 Å². The number of rotatable bonds is 8. The summed E-state index contributed by atoms with van der Waals surface area (Å²) in [5.41, 5.74) is -1.12. The third-order valence-corrected chi connectivity index (χ3v) is 15.5. The van der Waals surface area contributed by atoms with Gasteiger partial charge >= 0.3 is 17.7 Å². The van der Waals surface area contributed by atoms with Crippen LogP contribution < -0.4 is 14.8 Å². The molecule has 5 unspecified atom stereocenters. The van der Waals surface area contributed by atoms with Crippen molar-refractivity contribution >= 4 is 46.3 Å². The fourth-order valence-electron chi connectivity index (χ4n) is 10.8. The minimum Gasteiger partial charge on any atom is -0.507 e. The van der Waals surface area contributed by atoms with E-state index in [1.807, 2.05) is 0 Å². The molecular weight excluding hydrogens is 981 g/mol. The van der Waals surface area contributed by atoms with Gasteiger partial charge in [-0.05, 0) is 32.8 Å². The third-order valence-electron chi connectivity index (χ3n) is 15.5. The second-order valence-corrected chi connectivity index (χ2v) is 20.6. The van der Waals surface area contributed by atoms with Gasteiger partial charge in [0.05, 0.1) is 53.0 Å². The van der Waals surface area contributed by atoms with E-state index in [1.54, 1.807) is 38.8 Å². The Balaban J connectivity index is 1.45. The zero-order valence-electron chi connectivity index (χ0n) is 43.7. The van der Waals surface area contributed by atoms with Crippen molar-refractivity contribution in [3.05, 3.63) is 52.8 Å². The molecule has 2 saturated heterocycles. The van der Waals surface area contributed by atoms with Gasteiger partial charge in [0, 0.05) is 93.4 Å². The highest BCUT2D eigenvalue weighted by molar-refractivity contribution is 6.24. The second kappa shape index (κ2) is 23.2. The number of aliphatic hydroxyl groups excluding tert-OH is 5. The van der Waals surface area contributed by atoms with Gasteiger partial charge in [0.15, 0.2) is 11.9 Å². The number of hydrazone groups is 1. The first-order chi connectivity index (χ1) is 35.4. The number of amides is 1. The van der Waals surface area contributed by atoms with Crippen molar-refractivity contribution in [1.82, 2.24) is 9.91 Å². The van der Waals surface area contributed by atoms with Crippen LogP contribution in [0.2, 0.25) is 0 Å². The van der Waals surface area contributed by atoms with Gasteiger partial charge in [0.25, 0.3) is 11.7 Å². The van der Waals surface area contributed by atoms with E-state index in [0.29, 0.717) is 32.2 Å². The number of nitrogens with zero attached hydrogens (tertiary/aromatic N) is 3. The number of methoxy groups -OCH3 is 1. The minimum absolute atomic E-state index is 0.0313. The predicted octanol–water partition coefficient (Wildman–Crippen LogP) is 3.21. The number of ketones is 1. The number of ether oxygens (including phenoxy) is 6. The smallest absolute Gasteiger partial charge is 0.335 e. The van der Waals surface area contributed by atoms with Crippen LogP contribution in [-0.4, -0.2) is 181 Å². The van der Waals surface area contributed by atoms with Crippen molar-refractivity contribution in [1.29, 1.82) is 0 Å². The highest BCUT2D eigenvalue weighted by Crippen LogP contribution is 2.56. The molecule has 0 spiro atoms. The van der Waals surface area contributed by atoms with E-state index < -0.39 is 142 Å². The molecule has 9 N–H and O–H groups in total. The molecular formula is C53H72N4O18. The molecule has 412 valence electrons. The van der Waals surface area contributed by atoms with Crippen LogP contribution in [0.25, 0.3) is 10.8 Å². The van der Waals surface area contributed by atoms with Gasteiger partial charge < -0.3 is 74.6 Å². The van der Waals surface area contributed by atoms with E-state index in [0.717, 1.165) is 31.9 Å². The number of carboxylic acids is 1. The lowest BCUT2D eigenvalue weighted by Crippen LogP contribution is -2.61. The van der Waals surface area contributed by atoms with E-state index in [1.165, 1.54) is 59.2 Å². The summed E-state index contributed by atoms with van der Waals surface area (Å²) >= 11 is 0. The second-order valence-electron chi connectivity index (χ2n) is 20.6. The van der Waals surface area contributed by atoms with Crippen molar-refractivity contribution in [2.75, 3.05) is 38.6 Å². The topological polar surface area (TPSA) is 316 Å². The van der Waals surface area contributed by atoms with Gasteiger partial charge in [-0.2, -0.15) is 5.10 Å². The third kappa shape index (κ3) is 11.3. The first-order valence-electron chi connectivity index (χ1n) is 25.4. The molecule has 1 saturated carbocycles. The van der Waals surface area contributed by atoms with Crippen LogP contribution in [0.5, 0.6) is 23.0 Å². The number of esters is 1. The SMILES string of the molecule is CO[C@H]1/C=C/O[C@@]2(C)Oc3c(C)c(O)c4c(OC5OC(C(=O)O)C(O)C(O)C5O)c(c(/C=N/N5CCN(C6CCCC6)CC5)c(O)c4c3C2=O)NC(=O)/C(C)=C\C=C\[C@H](C)[C@H](O)[C@@H](C)[C@@H](O)[C@@H](C)[C@H](OC(C)=O)[C@@H]1C. The number of nitrogens with one attached hydrogen (secondary N) is 1. The monoisotopic (exact) mass is 1050 g/mol. The summed E-state index contributed by atoms with van der Waals surface area (Å²) in [7, 11) is 1.40. The summed E-state index contributed by atoms with van der Waals surface area (Å²) in [6, 6.07) is 0.457. The molecule has 22 heteroatoms. The normalized spacial score (nSPS) is 35.2. The summed E-state index contributed by atoms with van der Waals surface area (Å²) in [6.07, 6.45) is -2.14. The Kier molecular flexibility index (Phi) is 17.6. The standard InChI is InChI=1S/C53H72N4O18/c1-24-13-12-14-25(2)50(67)55-37-32(23-54-57-20-18-56(19-21-57)31-15-10-11-16-31)41(62)34-35(47(37)73-52-44(65)42(63)43(64)48(74-52)51(68)69)40(61)29(6)46-36(34)49(66)53(8,75-46)71-22-17-33(70-9)26(3)45(72-30(7)58)28(5)39(60)27(4)38(24)59/h12-14,17,22-24,26-28,31,33,38-39,42-45,48,52,59-65H,10-11,15-16,18-21H2,1-9H3,(H,55,67)(H,68,69)/b13-12+,22-17+,25-14-,54-23+/t24-,26+,27+,28+,33-,38-,39+,42?,43?,44?,45+,48?,52?,53-/m0/s1. The lowest BCUT2D eigenvalue weighted by Gasteiger charge is -2.39. The van der Waals surface area contributed by atoms with E-state index in [9.17, 15) is 55.2 Å². The number of carbonyl (C=O) groups is 4. The van der Waals surface area contributed by atoms with Gasteiger partial charge in [-0.1, -0.05) is 58.8 Å². The fraction of sp³-hybridized carbons (Fsp3) is 0.604. The lowest BCUT2D eigenvalue weighted by molar-refractivity contribution is -0.270. The number of hydrogen-bond donors (Lipinski definition) is 9. The zero-order chi connectivity index (χ0) is 55.0. The average molecular weight is 1050 g/mol. The van der Waals surface area contributed by atoms with Crippen molar-refractivity contribution in [3.63, 3.8) is 0 Å². The van der Waals surface area contributed by atoms with Gasteiger partial charge in [0.2, 0.25) is 6.29 Å². The molecule has 7 rings (SSSR count). The van der Waals surface area contributed by atoms with E-state index in [4.69, 9.17) is 33.5 Å². The zero-order valence-corrected chi connectivity index (χ0v) is 43.7. The fourth-order valence-corrected chi connectivity index (χ4v) is 10.8. The van der Waals surface area contributed by atoms with Crippen LogP contribution in [0.1, 0.15) is 95.6 Å². The van der Waals surface area contributed by atoms with Crippen LogP contribution in [0, 0.1) is 30.6 Å². The van der Waals surface area contributed by atoms with Gasteiger partial charge in [-0.25, -0.2) is 4.79 Å². The molecule has 4 aliphatic heterocycles. The van der Waals surface area contributed by atoms with Crippen LogP contribution in [0.3, 0.4) is 0 Å².